The van der Waals surface area contributed by atoms with Crippen LogP contribution in [0.1, 0.15) is 16.2 Å². The van der Waals surface area contributed by atoms with Crippen molar-refractivity contribution in [2.45, 2.75) is 19.0 Å². The lowest BCUT2D eigenvalue weighted by molar-refractivity contribution is -0.168. The van der Waals surface area contributed by atoms with Crippen molar-refractivity contribution in [1.82, 2.24) is 4.98 Å². The minimum atomic E-state index is -4.23. The van der Waals surface area contributed by atoms with E-state index in [0.29, 0.717) is 0 Å². The van der Waals surface area contributed by atoms with E-state index in [2.05, 4.69) is 9.72 Å². The molecule has 1 aromatic rings. The summed E-state index contributed by atoms with van der Waals surface area (Å²) in [4.78, 5) is 14.1. The molecule has 0 amide bonds. The molecule has 1 rings (SSSR count). The predicted molar refractivity (Wildman–Crippen MR) is 51.8 cm³/mol. The predicted octanol–water partition coefficient (Wildman–Crippen LogP) is 2.20. The number of pyridine rings is 1. The van der Waals surface area contributed by atoms with Crippen molar-refractivity contribution < 1.29 is 32.2 Å². The maximum atomic E-state index is 12.5. The number of rotatable bonds is 6. The van der Waals surface area contributed by atoms with Gasteiger partial charge in [-0.15, -0.1) is 0 Å². The van der Waals surface area contributed by atoms with Gasteiger partial charge in [0, 0.05) is 0 Å². The lowest BCUT2D eigenvalue weighted by Crippen LogP contribution is -2.32. The largest absolute Gasteiger partial charge is 0.477 e. The van der Waals surface area contributed by atoms with Gasteiger partial charge in [-0.3, -0.25) is 0 Å². The zero-order valence-corrected chi connectivity index (χ0v) is 8.95. The summed E-state index contributed by atoms with van der Waals surface area (Å²) in [5.41, 5.74) is -0.211. The third kappa shape index (κ3) is 3.95. The molecule has 100 valence electrons. The van der Waals surface area contributed by atoms with Crippen LogP contribution < -0.4 is 0 Å². The second kappa shape index (κ2) is 5.76. The molecule has 0 aromatic carbocycles. The number of nitrogens with zero attached hydrogens (tertiary/aromatic N) is 1. The van der Waals surface area contributed by atoms with E-state index in [1.54, 1.807) is 0 Å². The molecule has 1 N–H and O–H groups in total. The molecule has 0 fully saturated rings. The van der Waals surface area contributed by atoms with Gasteiger partial charge in [0.15, 0.2) is 0 Å². The van der Waals surface area contributed by atoms with Crippen LogP contribution in [0.2, 0.25) is 0 Å². The normalized spacial score (nSPS) is 11.8. The first kappa shape index (κ1) is 14.4. The van der Waals surface area contributed by atoms with Crippen LogP contribution in [0.25, 0.3) is 0 Å². The highest BCUT2D eigenvalue weighted by Gasteiger charge is 2.40. The Morgan fingerprint density at radius 3 is 2.67 bits per heavy atom. The molecule has 0 bridgehead atoms. The Balaban J connectivity index is 2.54. The van der Waals surface area contributed by atoms with E-state index in [1.807, 2.05) is 0 Å². The quantitative estimate of drug-likeness (QED) is 0.803. The minimum Gasteiger partial charge on any atom is -0.477 e. The van der Waals surface area contributed by atoms with Gasteiger partial charge in [-0.25, -0.2) is 18.6 Å². The van der Waals surface area contributed by atoms with Gasteiger partial charge in [-0.1, -0.05) is 6.07 Å². The summed E-state index contributed by atoms with van der Waals surface area (Å²) in [6.07, 6.45) is -3.81. The van der Waals surface area contributed by atoms with Crippen LogP contribution in [0.3, 0.4) is 0 Å². The maximum Gasteiger partial charge on any atom is 0.354 e. The molecule has 0 saturated carbocycles. The highest BCUT2D eigenvalue weighted by Crippen LogP contribution is 2.23. The van der Waals surface area contributed by atoms with E-state index in [0.717, 1.165) is 0 Å². The van der Waals surface area contributed by atoms with Crippen molar-refractivity contribution in [1.29, 1.82) is 0 Å². The van der Waals surface area contributed by atoms with Gasteiger partial charge < -0.3 is 9.84 Å². The van der Waals surface area contributed by atoms with E-state index in [9.17, 15) is 22.4 Å². The summed E-state index contributed by atoms with van der Waals surface area (Å²) in [6.45, 7) is -1.92. The van der Waals surface area contributed by atoms with E-state index in [1.165, 1.54) is 18.2 Å². The molecule has 0 aliphatic carbocycles. The Kier molecular flexibility index (Phi) is 4.60. The van der Waals surface area contributed by atoms with Crippen LogP contribution in [0.5, 0.6) is 0 Å². The monoisotopic (exact) mass is 267 g/mol. The highest BCUT2D eigenvalue weighted by molar-refractivity contribution is 5.85. The van der Waals surface area contributed by atoms with Crippen molar-refractivity contribution in [3.8, 4) is 0 Å². The molecule has 1 aromatic heterocycles. The van der Waals surface area contributed by atoms with Crippen LogP contribution in [-0.4, -0.2) is 35.0 Å². The summed E-state index contributed by atoms with van der Waals surface area (Å²) in [6, 6.07) is 3.90. The Bertz CT molecular complexity index is 425. The molecule has 0 saturated heterocycles. The topological polar surface area (TPSA) is 59.4 Å². The number of ether oxygens (including phenoxy) is 1. The minimum absolute atomic E-state index is 0.0694. The standard InChI is InChI=1S/C10H9F4NO3/c11-9(12)10(13,14)5-18-4-6-2-1-3-7(15-6)8(16)17/h1-3,9H,4-5H2,(H,16,17). The number of carboxylic acids is 1. The molecule has 0 aliphatic heterocycles. The molecule has 4 nitrogen and oxygen atoms in total. The summed E-state index contributed by atoms with van der Waals surface area (Å²) in [5.74, 6) is -5.51. The molecular weight excluding hydrogens is 258 g/mol. The van der Waals surface area contributed by atoms with Gasteiger partial charge in [0.2, 0.25) is 0 Å². The maximum absolute atomic E-state index is 12.5. The fourth-order valence-electron chi connectivity index (χ4n) is 1.03. The van der Waals surface area contributed by atoms with Crippen molar-refractivity contribution in [2.24, 2.45) is 0 Å². The van der Waals surface area contributed by atoms with Gasteiger partial charge >= 0.3 is 18.3 Å². The molecular formula is C10H9F4NO3. The van der Waals surface area contributed by atoms with Crippen molar-refractivity contribution in [2.75, 3.05) is 6.61 Å². The lowest BCUT2D eigenvalue weighted by Gasteiger charge is -2.14. The Morgan fingerprint density at radius 2 is 2.11 bits per heavy atom. The first-order valence-electron chi connectivity index (χ1n) is 4.76. The molecule has 0 radical (unpaired) electrons. The van der Waals surface area contributed by atoms with Crippen LogP contribution >= 0.6 is 0 Å². The molecule has 0 unspecified atom stereocenters. The van der Waals surface area contributed by atoms with Crippen LogP contribution in [-0.2, 0) is 11.3 Å². The number of carbonyl (C=O) groups is 1. The number of hydrogen-bond acceptors (Lipinski definition) is 3. The number of halogens is 4. The zero-order valence-electron chi connectivity index (χ0n) is 8.95. The fraction of sp³-hybridized carbons (Fsp3) is 0.400. The Morgan fingerprint density at radius 1 is 1.44 bits per heavy atom. The first-order chi connectivity index (χ1) is 8.33. The highest BCUT2D eigenvalue weighted by atomic mass is 19.3. The van der Waals surface area contributed by atoms with Gasteiger partial charge in [-0.05, 0) is 12.1 Å². The summed E-state index contributed by atoms with van der Waals surface area (Å²) in [7, 11) is 0. The number of alkyl halides is 4. The van der Waals surface area contributed by atoms with Gasteiger partial charge in [0.1, 0.15) is 12.3 Å². The second-order valence-corrected chi connectivity index (χ2v) is 3.37. The number of aromatic carboxylic acids is 1. The van der Waals surface area contributed by atoms with Crippen LogP contribution in [0, 0.1) is 0 Å². The van der Waals surface area contributed by atoms with Crippen molar-refractivity contribution in [3.63, 3.8) is 0 Å². The smallest absolute Gasteiger partial charge is 0.354 e. The number of carboxylic acid groups (broad SMARTS) is 1. The van der Waals surface area contributed by atoms with Crippen LogP contribution in [0.15, 0.2) is 18.2 Å². The summed E-state index contributed by atoms with van der Waals surface area (Å²) < 4.78 is 52.9. The fourth-order valence-corrected chi connectivity index (χ4v) is 1.03. The summed E-state index contributed by atoms with van der Waals surface area (Å²) in [5, 5.41) is 8.61. The zero-order chi connectivity index (χ0) is 13.8. The van der Waals surface area contributed by atoms with E-state index in [4.69, 9.17) is 5.11 Å². The van der Waals surface area contributed by atoms with Crippen molar-refractivity contribution >= 4 is 5.97 Å². The van der Waals surface area contributed by atoms with E-state index < -0.39 is 31.5 Å². The third-order valence-corrected chi connectivity index (χ3v) is 1.89. The number of aromatic nitrogens is 1. The van der Waals surface area contributed by atoms with Gasteiger partial charge in [-0.2, -0.15) is 8.78 Å². The Hall–Kier alpha value is -1.70. The number of hydrogen-bond donors (Lipinski definition) is 1. The SMILES string of the molecule is O=C(O)c1cccc(COCC(F)(F)C(F)F)n1. The van der Waals surface area contributed by atoms with Crippen molar-refractivity contribution in [3.05, 3.63) is 29.6 Å². The van der Waals surface area contributed by atoms with E-state index >= 15 is 0 Å². The summed E-state index contributed by atoms with van der Waals surface area (Å²) >= 11 is 0. The average Bonchev–Trinajstić information content (AvgIpc) is 2.29. The molecule has 1 heterocycles. The van der Waals surface area contributed by atoms with Gasteiger partial charge in [0.25, 0.3) is 0 Å². The molecule has 0 spiro atoms. The lowest BCUT2D eigenvalue weighted by atomic mass is 10.3. The van der Waals surface area contributed by atoms with E-state index in [-0.39, 0.29) is 11.4 Å². The van der Waals surface area contributed by atoms with Gasteiger partial charge in [0.05, 0.1) is 12.3 Å². The van der Waals surface area contributed by atoms with Crippen LogP contribution in [0.4, 0.5) is 17.6 Å². The molecule has 8 heteroatoms. The third-order valence-electron chi connectivity index (χ3n) is 1.89. The second-order valence-electron chi connectivity index (χ2n) is 3.37. The molecule has 0 aliphatic rings. The molecule has 0 atom stereocenters. The average molecular weight is 267 g/mol. The Labute approximate surface area is 99.2 Å². The molecule has 18 heavy (non-hydrogen) atoms. The first-order valence-corrected chi connectivity index (χ1v) is 4.76.